The van der Waals surface area contributed by atoms with Crippen LogP contribution in [0.4, 0.5) is 14.6 Å². The molecule has 4 heterocycles. The van der Waals surface area contributed by atoms with Gasteiger partial charge in [-0.15, -0.1) is 6.42 Å². The molecule has 0 unspecified atom stereocenters. The van der Waals surface area contributed by atoms with Crippen LogP contribution in [-0.4, -0.2) is 45.7 Å². The number of amides is 1. The number of hydrogen-bond acceptors (Lipinski definition) is 5. The molecule has 30 heavy (non-hydrogen) atoms. The van der Waals surface area contributed by atoms with E-state index in [1.165, 1.54) is 18.5 Å². The number of hydrogen-bond donors (Lipinski definition) is 0. The molecule has 2 atom stereocenters. The second-order valence-electron chi connectivity index (χ2n) is 7.97. The van der Waals surface area contributed by atoms with Gasteiger partial charge in [0.2, 0.25) is 0 Å². The molecule has 0 aliphatic carbocycles. The van der Waals surface area contributed by atoms with E-state index in [4.69, 9.17) is 11.2 Å². The van der Waals surface area contributed by atoms with Crippen LogP contribution in [0.15, 0.2) is 30.6 Å². The Morgan fingerprint density at radius 2 is 1.83 bits per heavy atom. The Morgan fingerprint density at radius 1 is 1.10 bits per heavy atom. The highest BCUT2D eigenvalue weighted by atomic mass is 19.1. The predicted octanol–water partition coefficient (Wildman–Crippen LogP) is 2.80. The fraction of sp³-hybridized carbons (Fsp3) is 0.409. The Morgan fingerprint density at radius 3 is 2.53 bits per heavy atom. The minimum absolute atomic E-state index is 0.0914. The molecule has 3 aliphatic heterocycles. The molecule has 3 fully saturated rings. The number of nitrogens with zero attached hydrogens (tertiary/aromatic N) is 4. The minimum Gasteiger partial charge on any atom is -0.356 e. The summed E-state index contributed by atoms with van der Waals surface area (Å²) in [5.74, 6) is 1.86. The normalized spacial score (nSPS) is 24.9. The molecule has 0 radical (unpaired) electrons. The van der Waals surface area contributed by atoms with E-state index in [2.05, 4.69) is 20.8 Å². The first kappa shape index (κ1) is 18.9. The summed E-state index contributed by atoms with van der Waals surface area (Å²) in [5, 5.41) is 0. The van der Waals surface area contributed by atoms with Crippen molar-refractivity contribution < 1.29 is 18.3 Å². The summed E-state index contributed by atoms with van der Waals surface area (Å²) in [5.41, 5.74) is 0.0942. The van der Waals surface area contributed by atoms with Crippen molar-refractivity contribution in [2.75, 3.05) is 18.0 Å². The van der Waals surface area contributed by atoms with Gasteiger partial charge in [-0.25, -0.2) is 18.7 Å². The molecule has 5 rings (SSSR count). The maximum atomic E-state index is 13.7. The Kier molecular flexibility index (Phi) is 4.44. The van der Waals surface area contributed by atoms with Crippen LogP contribution in [-0.2, 0) is 9.53 Å². The fourth-order valence-electron chi connectivity index (χ4n) is 4.84. The van der Waals surface area contributed by atoms with Gasteiger partial charge in [-0.2, -0.15) is 0 Å². The first-order valence-electron chi connectivity index (χ1n) is 9.99. The van der Waals surface area contributed by atoms with E-state index >= 15 is 0 Å². The molecule has 3 aliphatic rings. The van der Waals surface area contributed by atoms with Gasteiger partial charge in [0.25, 0.3) is 5.91 Å². The molecular formula is C22H20F2N4O2. The zero-order valence-corrected chi connectivity index (χ0v) is 16.2. The van der Waals surface area contributed by atoms with E-state index in [0.29, 0.717) is 50.0 Å². The highest BCUT2D eigenvalue weighted by Crippen LogP contribution is 2.48. The summed E-state index contributed by atoms with van der Waals surface area (Å²) in [6.07, 6.45) is 8.80. The summed E-state index contributed by atoms with van der Waals surface area (Å²) >= 11 is 0. The lowest BCUT2D eigenvalue weighted by Crippen LogP contribution is -2.50. The highest BCUT2D eigenvalue weighted by Gasteiger charge is 2.58. The standard InChI is InChI=1S/C22H20F2N4O2/c1-2-17-12-19(26-13-25-17)27-7-5-22(6-8-27)21(29)28-18(3-4-20(28)30-22)14-9-15(23)11-16(24)10-14/h1,9-13,18,20H,3-8H2/t18-,20+/m0/s1. The van der Waals surface area contributed by atoms with Gasteiger partial charge in [0, 0.05) is 38.1 Å². The Balaban J connectivity index is 1.34. The topological polar surface area (TPSA) is 58.6 Å². The SMILES string of the molecule is C#Cc1cc(N2CCC3(CC2)O[C@@H]2CC[C@@H](c4cc(F)cc(F)c4)N2C3=O)ncn1. The smallest absolute Gasteiger partial charge is 0.257 e. The zero-order valence-electron chi connectivity index (χ0n) is 16.2. The van der Waals surface area contributed by atoms with Crippen molar-refractivity contribution in [2.24, 2.45) is 0 Å². The maximum absolute atomic E-state index is 13.7. The number of rotatable bonds is 2. The minimum atomic E-state index is -0.895. The molecule has 3 saturated heterocycles. The number of halogens is 2. The predicted molar refractivity (Wildman–Crippen MR) is 104 cm³/mol. The third-order valence-corrected chi connectivity index (χ3v) is 6.28. The van der Waals surface area contributed by atoms with Gasteiger partial charge >= 0.3 is 0 Å². The Labute approximate surface area is 172 Å². The summed E-state index contributed by atoms with van der Waals surface area (Å²) in [6.45, 7) is 1.18. The number of aromatic nitrogens is 2. The lowest BCUT2D eigenvalue weighted by atomic mass is 9.89. The maximum Gasteiger partial charge on any atom is 0.257 e. The van der Waals surface area contributed by atoms with Crippen LogP contribution in [0.25, 0.3) is 0 Å². The van der Waals surface area contributed by atoms with Gasteiger partial charge in [-0.1, -0.05) is 5.92 Å². The van der Waals surface area contributed by atoms with Gasteiger partial charge in [0.15, 0.2) is 5.60 Å². The van der Waals surface area contributed by atoms with Crippen LogP contribution in [0.1, 0.15) is 43.0 Å². The van der Waals surface area contributed by atoms with Gasteiger partial charge in [-0.3, -0.25) is 4.79 Å². The second kappa shape index (κ2) is 7.03. The molecule has 8 heteroatoms. The molecule has 2 aromatic rings. The van der Waals surface area contributed by atoms with E-state index < -0.39 is 17.2 Å². The monoisotopic (exact) mass is 410 g/mol. The lowest BCUT2D eigenvalue weighted by molar-refractivity contribution is -0.140. The third kappa shape index (κ3) is 3.01. The second-order valence-corrected chi connectivity index (χ2v) is 7.97. The van der Waals surface area contributed by atoms with Crippen molar-refractivity contribution >= 4 is 11.7 Å². The number of ether oxygens (including phenoxy) is 1. The van der Waals surface area contributed by atoms with Crippen LogP contribution >= 0.6 is 0 Å². The van der Waals surface area contributed by atoms with Crippen molar-refractivity contribution in [3.8, 4) is 12.3 Å². The number of fused-ring (bicyclic) bond motifs is 1. The average Bonchev–Trinajstić information content (AvgIpc) is 3.26. The van der Waals surface area contributed by atoms with E-state index in [1.54, 1.807) is 11.0 Å². The molecule has 1 aromatic heterocycles. The summed E-state index contributed by atoms with van der Waals surface area (Å²) in [7, 11) is 0. The van der Waals surface area contributed by atoms with E-state index in [-0.39, 0.29) is 18.2 Å². The highest BCUT2D eigenvalue weighted by molar-refractivity contribution is 5.88. The summed E-state index contributed by atoms with van der Waals surface area (Å²) < 4.78 is 33.7. The van der Waals surface area contributed by atoms with Crippen molar-refractivity contribution in [3.63, 3.8) is 0 Å². The molecule has 1 aromatic carbocycles. The number of carbonyl (C=O) groups excluding carboxylic acids is 1. The van der Waals surface area contributed by atoms with Crippen molar-refractivity contribution in [1.29, 1.82) is 0 Å². The number of carbonyl (C=O) groups is 1. The molecule has 154 valence electrons. The van der Waals surface area contributed by atoms with Crippen molar-refractivity contribution in [3.05, 3.63) is 53.5 Å². The van der Waals surface area contributed by atoms with Crippen LogP contribution < -0.4 is 4.90 Å². The molecule has 1 amide bonds. The molecule has 0 N–H and O–H groups in total. The third-order valence-electron chi connectivity index (χ3n) is 6.28. The van der Waals surface area contributed by atoms with Crippen LogP contribution in [0.3, 0.4) is 0 Å². The first-order valence-corrected chi connectivity index (χ1v) is 9.99. The first-order chi connectivity index (χ1) is 14.5. The van der Waals surface area contributed by atoms with Crippen LogP contribution in [0, 0.1) is 24.0 Å². The molecule has 1 spiro atoms. The van der Waals surface area contributed by atoms with E-state index in [0.717, 1.165) is 11.9 Å². The van der Waals surface area contributed by atoms with Gasteiger partial charge in [0.1, 0.15) is 35.7 Å². The largest absolute Gasteiger partial charge is 0.356 e. The average molecular weight is 410 g/mol. The number of terminal acetylenes is 1. The van der Waals surface area contributed by atoms with Crippen LogP contribution in [0.5, 0.6) is 0 Å². The Hall–Kier alpha value is -3.05. The van der Waals surface area contributed by atoms with E-state index in [9.17, 15) is 13.6 Å². The van der Waals surface area contributed by atoms with E-state index in [1.807, 2.05) is 0 Å². The van der Waals surface area contributed by atoms with Gasteiger partial charge in [0.05, 0.1) is 6.04 Å². The quantitative estimate of drug-likeness (QED) is 0.713. The zero-order chi connectivity index (χ0) is 20.9. The molecular weight excluding hydrogens is 390 g/mol. The van der Waals surface area contributed by atoms with Gasteiger partial charge < -0.3 is 14.5 Å². The fourth-order valence-corrected chi connectivity index (χ4v) is 4.84. The lowest BCUT2D eigenvalue weighted by Gasteiger charge is -2.38. The summed E-state index contributed by atoms with van der Waals surface area (Å²) in [4.78, 5) is 25.4. The van der Waals surface area contributed by atoms with Crippen molar-refractivity contribution in [1.82, 2.24) is 14.9 Å². The van der Waals surface area contributed by atoms with Crippen LogP contribution in [0.2, 0.25) is 0 Å². The molecule has 0 bridgehead atoms. The molecule has 6 nitrogen and oxygen atoms in total. The molecule has 0 saturated carbocycles. The number of anilines is 1. The van der Waals surface area contributed by atoms with Gasteiger partial charge in [-0.05, 0) is 30.5 Å². The summed E-state index contributed by atoms with van der Waals surface area (Å²) in [6, 6.07) is 4.82. The Bertz CT molecular complexity index is 1030. The van der Waals surface area contributed by atoms with Crippen molar-refractivity contribution in [2.45, 2.75) is 43.6 Å². The number of piperidine rings is 1. The number of benzene rings is 1.